The summed E-state index contributed by atoms with van der Waals surface area (Å²) in [6.07, 6.45) is 4.39. The van der Waals surface area contributed by atoms with Gasteiger partial charge in [0.2, 0.25) is 0 Å². The van der Waals surface area contributed by atoms with Crippen LogP contribution in [0.1, 0.15) is 19.3 Å². The Labute approximate surface area is 98.2 Å². The van der Waals surface area contributed by atoms with Crippen molar-refractivity contribution in [3.8, 4) is 0 Å². The second-order valence-electron chi connectivity index (χ2n) is 4.70. The first-order valence-electron chi connectivity index (χ1n) is 5.93. The normalized spacial score (nSPS) is 28.4. The molecule has 1 N–H and O–H groups in total. The minimum absolute atomic E-state index is 0.0926. The zero-order valence-electron chi connectivity index (χ0n) is 9.33. The lowest BCUT2D eigenvalue weighted by atomic mass is 10.1. The second kappa shape index (κ2) is 4.22. The fourth-order valence-electron chi connectivity index (χ4n) is 2.35. The summed E-state index contributed by atoms with van der Waals surface area (Å²) in [5.41, 5.74) is 0. The summed E-state index contributed by atoms with van der Waals surface area (Å²) >= 11 is 0. The molecule has 1 aromatic heterocycles. The van der Waals surface area contributed by atoms with E-state index in [2.05, 4.69) is 10.3 Å². The first kappa shape index (κ1) is 10.9. The number of pyridine rings is 1. The van der Waals surface area contributed by atoms with E-state index in [1.54, 1.807) is 0 Å². The highest BCUT2D eigenvalue weighted by molar-refractivity contribution is 5.37. The van der Waals surface area contributed by atoms with Gasteiger partial charge in [-0.1, -0.05) is 0 Å². The molecular weight excluding hydrogens is 226 g/mol. The largest absolute Gasteiger partial charge is 0.376 e. The maximum atomic E-state index is 13.4. The molecule has 5 heteroatoms. The highest BCUT2D eigenvalue weighted by atomic mass is 19.1. The molecule has 0 aromatic carbocycles. The molecule has 0 radical (unpaired) electrons. The number of hydrogen-bond acceptors (Lipinski definition) is 3. The van der Waals surface area contributed by atoms with Gasteiger partial charge in [0.1, 0.15) is 5.82 Å². The van der Waals surface area contributed by atoms with Crippen LogP contribution >= 0.6 is 0 Å². The van der Waals surface area contributed by atoms with E-state index in [-0.39, 0.29) is 18.0 Å². The van der Waals surface area contributed by atoms with E-state index >= 15 is 0 Å². The van der Waals surface area contributed by atoms with Crippen LogP contribution in [0.15, 0.2) is 12.3 Å². The Morgan fingerprint density at radius 2 is 2.12 bits per heavy atom. The SMILES string of the molecule is Fc1cnc(NC2CCOC2C2CC2)c(F)c1. The minimum Gasteiger partial charge on any atom is -0.376 e. The van der Waals surface area contributed by atoms with E-state index in [1.165, 1.54) is 12.8 Å². The number of rotatable bonds is 3. The van der Waals surface area contributed by atoms with Crippen LogP contribution in [0.25, 0.3) is 0 Å². The molecule has 2 heterocycles. The van der Waals surface area contributed by atoms with Crippen LogP contribution in [0.3, 0.4) is 0 Å². The molecule has 0 bridgehead atoms. The van der Waals surface area contributed by atoms with Crippen molar-refractivity contribution in [3.63, 3.8) is 0 Å². The fraction of sp³-hybridized carbons (Fsp3) is 0.583. The Morgan fingerprint density at radius 3 is 2.82 bits per heavy atom. The van der Waals surface area contributed by atoms with Gasteiger partial charge in [-0.3, -0.25) is 0 Å². The molecule has 1 aliphatic carbocycles. The third-order valence-electron chi connectivity index (χ3n) is 3.35. The van der Waals surface area contributed by atoms with Gasteiger partial charge in [0.15, 0.2) is 11.6 Å². The number of nitrogens with zero attached hydrogens (tertiary/aromatic N) is 1. The number of halogens is 2. The smallest absolute Gasteiger partial charge is 0.168 e. The van der Waals surface area contributed by atoms with Crippen molar-refractivity contribution in [2.24, 2.45) is 5.92 Å². The molecular formula is C12H14F2N2O. The summed E-state index contributed by atoms with van der Waals surface area (Å²) in [5.74, 6) is -0.591. The van der Waals surface area contributed by atoms with E-state index in [0.29, 0.717) is 12.5 Å². The average molecular weight is 240 g/mol. The second-order valence-corrected chi connectivity index (χ2v) is 4.70. The van der Waals surface area contributed by atoms with Crippen LogP contribution in [0.4, 0.5) is 14.6 Å². The quantitative estimate of drug-likeness (QED) is 0.880. The summed E-state index contributed by atoms with van der Waals surface area (Å²) in [6.45, 7) is 0.696. The molecule has 2 aliphatic rings. The van der Waals surface area contributed by atoms with Gasteiger partial charge < -0.3 is 10.1 Å². The Morgan fingerprint density at radius 1 is 1.29 bits per heavy atom. The van der Waals surface area contributed by atoms with E-state index < -0.39 is 11.6 Å². The molecule has 3 nitrogen and oxygen atoms in total. The number of hydrogen-bond donors (Lipinski definition) is 1. The van der Waals surface area contributed by atoms with Crippen LogP contribution in [0, 0.1) is 17.6 Å². The van der Waals surface area contributed by atoms with Crippen molar-refractivity contribution in [2.75, 3.05) is 11.9 Å². The summed E-state index contributed by atoms with van der Waals surface area (Å²) in [5, 5.41) is 3.03. The molecule has 1 aliphatic heterocycles. The number of ether oxygens (including phenoxy) is 1. The van der Waals surface area contributed by atoms with Crippen molar-refractivity contribution in [2.45, 2.75) is 31.4 Å². The minimum atomic E-state index is -0.658. The maximum Gasteiger partial charge on any atom is 0.168 e. The lowest BCUT2D eigenvalue weighted by molar-refractivity contribution is 0.0897. The van der Waals surface area contributed by atoms with Crippen molar-refractivity contribution in [3.05, 3.63) is 23.9 Å². The zero-order valence-corrected chi connectivity index (χ0v) is 9.33. The van der Waals surface area contributed by atoms with E-state index in [0.717, 1.165) is 18.7 Å². The highest BCUT2D eigenvalue weighted by Crippen LogP contribution is 2.39. The number of aromatic nitrogens is 1. The first-order valence-corrected chi connectivity index (χ1v) is 5.93. The molecule has 92 valence electrons. The third kappa shape index (κ3) is 2.24. The van der Waals surface area contributed by atoms with E-state index in [9.17, 15) is 8.78 Å². The molecule has 1 saturated carbocycles. The molecule has 17 heavy (non-hydrogen) atoms. The van der Waals surface area contributed by atoms with Gasteiger partial charge >= 0.3 is 0 Å². The number of anilines is 1. The van der Waals surface area contributed by atoms with Crippen LogP contribution in [0.2, 0.25) is 0 Å². The van der Waals surface area contributed by atoms with Gasteiger partial charge in [-0.2, -0.15) is 0 Å². The van der Waals surface area contributed by atoms with Crippen molar-refractivity contribution in [1.82, 2.24) is 4.98 Å². The zero-order chi connectivity index (χ0) is 11.8. The van der Waals surface area contributed by atoms with Gasteiger partial charge in [-0.15, -0.1) is 0 Å². The van der Waals surface area contributed by atoms with Gasteiger partial charge in [-0.05, 0) is 25.2 Å². The summed E-state index contributed by atoms with van der Waals surface area (Å²) < 4.78 is 31.8. The molecule has 2 unspecified atom stereocenters. The lowest BCUT2D eigenvalue weighted by Gasteiger charge is -2.20. The topological polar surface area (TPSA) is 34.2 Å². The molecule has 0 amide bonds. The lowest BCUT2D eigenvalue weighted by Crippen LogP contribution is -2.31. The Hall–Kier alpha value is -1.23. The standard InChI is InChI=1S/C12H14F2N2O/c13-8-5-9(14)12(15-6-8)16-10-3-4-17-11(10)7-1-2-7/h5-7,10-11H,1-4H2,(H,15,16). The van der Waals surface area contributed by atoms with E-state index in [4.69, 9.17) is 4.74 Å². The molecule has 3 rings (SSSR count). The molecule has 2 atom stereocenters. The first-order chi connectivity index (χ1) is 8.24. The third-order valence-corrected chi connectivity index (χ3v) is 3.35. The van der Waals surface area contributed by atoms with Crippen molar-refractivity contribution < 1.29 is 13.5 Å². The highest BCUT2D eigenvalue weighted by Gasteiger charge is 2.40. The predicted molar refractivity (Wildman–Crippen MR) is 58.6 cm³/mol. The molecule has 1 saturated heterocycles. The van der Waals surface area contributed by atoms with Crippen LogP contribution in [0.5, 0.6) is 0 Å². The number of nitrogens with one attached hydrogen (secondary N) is 1. The Balaban J connectivity index is 1.72. The van der Waals surface area contributed by atoms with Crippen LogP contribution in [-0.2, 0) is 4.74 Å². The Kier molecular flexibility index (Phi) is 2.70. The monoisotopic (exact) mass is 240 g/mol. The van der Waals surface area contributed by atoms with Crippen molar-refractivity contribution in [1.29, 1.82) is 0 Å². The predicted octanol–water partition coefficient (Wildman–Crippen LogP) is 2.34. The Bertz CT molecular complexity index is 423. The summed E-state index contributed by atoms with van der Waals surface area (Å²) in [4.78, 5) is 3.74. The van der Waals surface area contributed by atoms with Crippen LogP contribution in [-0.4, -0.2) is 23.7 Å². The fourth-order valence-corrected chi connectivity index (χ4v) is 2.35. The van der Waals surface area contributed by atoms with Gasteiger partial charge in [0, 0.05) is 12.7 Å². The van der Waals surface area contributed by atoms with Crippen LogP contribution < -0.4 is 5.32 Å². The molecule has 2 fully saturated rings. The summed E-state index contributed by atoms with van der Waals surface area (Å²) in [7, 11) is 0. The summed E-state index contributed by atoms with van der Waals surface area (Å²) in [6, 6.07) is 0.937. The van der Waals surface area contributed by atoms with Gasteiger partial charge in [0.05, 0.1) is 18.3 Å². The van der Waals surface area contributed by atoms with Gasteiger partial charge in [0.25, 0.3) is 0 Å². The molecule has 1 aromatic rings. The maximum absolute atomic E-state index is 13.4. The van der Waals surface area contributed by atoms with Gasteiger partial charge in [-0.25, -0.2) is 13.8 Å². The average Bonchev–Trinajstić information content (AvgIpc) is 3.03. The molecule has 0 spiro atoms. The van der Waals surface area contributed by atoms with Crippen molar-refractivity contribution >= 4 is 5.82 Å². The van der Waals surface area contributed by atoms with E-state index in [1.807, 2.05) is 0 Å².